The zero-order valence-electron chi connectivity index (χ0n) is 21.8. The van der Waals surface area contributed by atoms with Crippen LogP contribution in [0, 0.1) is 0 Å². The summed E-state index contributed by atoms with van der Waals surface area (Å²) in [6.07, 6.45) is 43.9. The van der Waals surface area contributed by atoms with E-state index in [0.717, 1.165) is 0 Å². The van der Waals surface area contributed by atoms with E-state index in [1.165, 1.54) is 167 Å². The molecule has 0 fully saturated rings. The van der Waals surface area contributed by atoms with Crippen molar-refractivity contribution >= 4 is 0 Å². The highest BCUT2D eigenvalue weighted by Gasteiger charge is 1.95. The monoisotopic (exact) mass is 432 g/mol. The van der Waals surface area contributed by atoms with E-state index >= 15 is 0 Å². The van der Waals surface area contributed by atoms with Gasteiger partial charge in [-0.25, -0.2) is 0 Å². The first-order chi connectivity index (χ1) is 15.4. The molecule has 0 heteroatoms. The van der Waals surface area contributed by atoms with Crippen LogP contribution in [0.3, 0.4) is 0 Å². The van der Waals surface area contributed by atoms with Crippen molar-refractivity contribution in [1.29, 1.82) is 0 Å². The number of hydrogen-bond donors (Lipinski definition) is 0. The zero-order chi connectivity index (χ0) is 22.5. The van der Waals surface area contributed by atoms with Gasteiger partial charge in [0.25, 0.3) is 0 Å². The Kier molecular flexibility index (Phi) is 29.0. The van der Waals surface area contributed by atoms with E-state index in [-0.39, 0.29) is 0 Å². The van der Waals surface area contributed by atoms with Crippen LogP contribution in [0.25, 0.3) is 0 Å². The highest BCUT2D eigenvalue weighted by molar-refractivity contribution is 4.81. The summed E-state index contributed by atoms with van der Waals surface area (Å²) in [6.45, 7) is 6.09. The summed E-state index contributed by atoms with van der Waals surface area (Å²) in [5.74, 6) is 0. The molecule has 0 aliphatic rings. The molecule has 0 aliphatic heterocycles. The molecule has 0 nitrogen and oxygen atoms in total. The Morgan fingerprint density at radius 3 is 0.903 bits per heavy atom. The number of allylic oxidation sites excluding steroid dienone is 3. The van der Waals surface area contributed by atoms with E-state index in [1.54, 1.807) is 0 Å². The van der Waals surface area contributed by atoms with Gasteiger partial charge in [-0.3, -0.25) is 0 Å². The largest absolute Gasteiger partial charge is 0.103 e. The van der Waals surface area contributed by atoms with E-state index in [1.807, 2.05) is 0 Å². The van der Waals surface area contributed by atoms with Gasteiger partial charge >= 0.3 is 0 Å². The van der Waals surface area contributed by atoms with Crippen molar-refractivity contribution in [3.8, 4) is 0 Å². The van der Waals surface area contributed by atoms with Gasteiger partial charge in [0, 0.05) is 0 Å². The minimum Gasteiger partial charge on any atom is -0.103 e. The first kappa shape index (κ1) is 30.5. The lowest BCUT2D eigenvalue weighted by molar-refractivity contribution is 0.526. The molecule has 0 spiro atoms. The second-order valence-electron chi connectivity index (χ2n) is 9.90. The molecule has 0 saturated carbocycles. The number of hydrogen-bond acceptors (Lipinski definition) is 0. The van der Waals surface area contributed by atoms with Crippen LogP contribution in [0.4, 0.5) is 0 Å². The van der Waals surface area contributed by atoms with E-state index in [4.69, 9.17) is 0 Å². The van der Waals surface area contributed by atoms with Crippen LogP contribution >= 0.6 is 0 Å². The molecule has 0 N–H and O–H groups in total. The van der Waals surface area contributed by atoms with Gasteiger partial charge in [-0.1, -0.05) is 154 Å². The average Bonchev–Trinajstić information content (AvgIpc) is 2.78. The quantitative estimate of drug-likeness (QED) is 0.0893. The molecule has 0 aromatic heterocycles. The SMILES string of the molecule is C=CCCCCCCCCCCCCCCCCCCC/C=C\CCCCCCCC. The molecule has 0 heterocycles. The second-order valence-corrected chi connectivity index (χ2v) is 9.90. The standard InChI is InChI=1S/C31H60/c1-3-5-7-9-11-13-15-17-19-21-23-25-27-29-31-30-28-26-24-22-20-18-16-14-12-10-8-6-4-2/h3,18,20H,1,4-17,19,21-31H2,2H3/b20-18-. The van der Waals surface area contributed by atoms with Gasteiger partial charge in [-0.15, -0.1) is 6.58 Å². The van der Waals surface area contributed by atoms with Crippen molar-refractivity contribution in [3.63, 3.8) is 0 Å². The first-order valence-corrected chi connectivity index (χ1v) is 14.7. The summed E-state index contributed by atoms with van der Waals surface area (Å²) in [4.78, 5) is 0. The highest BCUT2D eigenvalue weighted by atomic mass is 14.0. The summed E-state index contributed by atoms with van der Waals surface area (Å²) in [7, 11) is 0. The smallest absolute Gasteiger partial charge is 0.0351 e. The highest BCUT2D eigenvalue weighted by Crippen LogP contribution is 2.15. The molecule has 184 valence electrons. The van der Waals surface area contributed by atoms with Crippen molar-refractivity contribution in [2.24, 2.45) is 0 Å². The fourth-order valence-electron chi connectivity index (χ4n) is 4.48. The molecular formula is C31H60. The molecule has 0 radical (unpaired) electrons. The molecule has 0 aromatic rings. The Labute approximate surface area is 198 Å². The van der Waals surface area contributed by atoms with Crippen LogP contribution in [0.5, 0.6) is 0 Å². The molecular weight excluding hydrogens is 372 g/mol. The van der Waals surface area contributed by atoms with Crippen LogP contribution in [0.15, 0.2) is 24.8 Å². The van der Waals surface area contributed by atoms with E-state index in [9.17, 15) is 0 Å². The summed E-state index contributed by atoms with van der Waals surface area (Å²) < 4.78 is 0. The minimum atomic E-state index is 1.21. The fourth-order valence-corrected chi connectivity index (χ4v) is 4.48. The van der Waals surface area contributed by atoms with E-state index < -0.39 is 0 Å². The van der Waals surface area contributed by atoms with Crippen molar-refractivity contribution in [1.82, 2.24) is 0 Å². The van der Waals surface area contributed by atoms with E-state index in [0.29, 0.717) is 0 Å². The predicted molar refractivity (Wildman–Crippen MR) is 145 cm³/mol. The minimum absolute atomic E-state index is 1.21. The Morgan fingerprint density at radius 1 is 0.355 bits per heavy atom. The zero-order valence-corrected chi connectivity index (χ0v) is 21.8. The topological polar surface area (TPSA) is 0 Å². The van der Waals surface area contributed by atoms with Gasteiger partial charge in [0.15, 0.2) is 0 Å². The van der Waals surface area contributed by atoms with Gasteiger partial charge in [-0.05, 0) is 38.5 Å². The predicted octanol–water partition coefficient (Wildman–Crippen LogP) is 11.9. The maximum atomic E-state index is 3.79. The first-order valence-electron chi connectivity index (χ1n) is 14.7. The van der Waals surface area contributed by atoms with Gasteiger partial charge < -0.3 is 0 Å². The molecule has 0 saturated heterocycles. The lowest BCUT2D eigenvalue weighted by Crippen LogP contribution is -1.84. The summed E-state index contributed by atoms with van der Waals surface area (Å²) in [6, 6.07) is 0. The Balaban J connectivity index is 3.05. The fraction of sp³-hybridized carbons (Fsp3) is 0.871. The molecule has 0 unspecified atom stereocenters. The van der Waals surface area contributed by atoms with Gasteiger partial charge in [0.05, 0.1) is 0 Å². The maximum absolute atomic E-state index is 3.79. The van der Waals surface area contributed by atoms with Crippen molar-refractivity contribution in [3.05, 3.63) is 24.8 Å². The lowest BCUT2D eigenvalue weighted by Gasteiger charge is -2.03. The van der Waals surface area contributed by atoms with Crippen LogP contribution in [0.2, 0.25) is 0 Å². The average molecular weight is 433 g/mol. The number of rotatable bonds is 27. The third-order valence-corrected chi connectivity index (χ3v) is 6.67. The van der Waals surface area contributed by atoms with Gasteiger partial charge in [-0.2, -0.15) is 0 Å². The third kappa shape index (κ3) is 29.5. The summed E-state index contributed by atoms with van der Waals surface area (Å²) in [5.41, 5.74) is 0. The molecule has 0 aromatic carbocycles. The van der Waals surface area contributed by atoms with Crippen molar-refractivity contribution in [2.75, 3.05) is 0 Å². The summed E-state index contributed by atoms with van der Waals surface area (Å²) in [5, 5.41) is 0. The van der Waals surface area contributed by atoms with Crippen molar-refractivity contribution in [2.45, 2.75) is 174 Å². The normalized spacial score (nSPS) is 11.5. The van der Waals surface area contributed by atoms with E-state index in [2.05, 4.69) is 31.7 Å². The third-order valence-electron chi connectivity index (χ3n) is 6.67. The summed E-state index contributed by atoms with van der Waals surface area (Å²) >= 11 is 0. The Bertz CT molecular complexity index is 340. The molecule has 0 atom stereocenters. The van der Waals surface area contributed by atoms with Gasteiger partial charge in [0.1, 0.15) is 0 Å². The Morgan fingerprint density at radius 2 is 0.613 bits per heavy atom. The molecule has 0 rings (SSSR count). The van der Waals surface area contributed by atoms with Crippen LogP contribution in [-0.2, 0) is 0 Å². The molecule has 0 aliphatic carbocycles. The lowest BCUT2D eigenvalue weighted by atomic mass is 10.0. The maximum Gasteiger partial charge on any atom is -0.0351 e. The second kappa shape index (κ2) is 29.5. The van der Waals surface area contributed by atoms with Crippen LogP contribution in [-0.4, -0.2) is 0 Å². The molecule has 31 heavy (non-hydrogen) atoms. The van der Waals surface area contributed by atoms with Crippen molar-refractivity contribution < 1.29 is 0 Å². The Hall–Kier alpha value is -0.520. The van der Waals surface area contributed by atoms with Crippen LogP contribution in [0.1, 0.15) is 174 Å². The van der Waals surface area contributed by atoms with Gasteiger partial charge in [0.2, 0.25) is 0 Å². The molecule has 0 bridgehead atoms. The van der Waals surface area contributed by atoms with Crippen LogP contribution < -0.4 is 0 Å². The molecule has 0 amide bonds. The number of unbranched alkanes of at least 4 members (excludes halogenated alkanes) is 24.